The fraction of sp³-hybridized carbons (Fsp3) is 1.00. The van der Waals surface area contributed by atoms with Crippen molar-refractivity contribution in [2.45, 2.75) is 51.1 Å². The molecule has 1 saturated heterocycles. The highest BCUT2D eigenvalue weighted by Crippen LogP contribution is 2.18. The molecule has 2 rings (SSSR count). The van der Waals surface area contributed by atoms with Gasteiger partial charge in [0.25, 0.3) is 0 Å². The van der Waals surface area contributed by atoms with Crippen molar-refractivity contribution in [2.75, 3.05) is 39.8 Å². The number of hydrogen-bond donors (Lipinski definition) is 1. The molecule has 100 valence electrons. The Morgan fingerprint density at radius 2 is 2.00 bits per heavy atom. The third-order valence-electron chi connectivity index (χ3n) is 4.19. The van der Waals surface area contributed by atoms with Crippen LogP contribution in [0.3, 0.4) is 0 Å². The lowest BCUT2D eigenvalue weighted by atomic mass is 10.1. The molecular weight excluding hydrogens is 210 g/mol. The lowest BCUT2D eigenvalue weighted by Gasteiger charge is -2.27. The molecule has 1 atom stereocenters. The van der Waals surface area contributed by atoms with E-state index in [9.17, 15) is 0 Å². The van der Waals surface area contributed by atoms with Crippen molar-refractivity contribution in [3.8, 4) is 0 Å². The first-order chi connectivity index (χ1) is 8.25. The number of nitrogens with zero attached hydrogens (tertiary/aromatic N) is 2. The average molecular weight is 239 g/mol. The summed E-state index contributed by atoms with van der Waals surface area (Å²) in [5.41, 5.74) is 0. The van der Waals surface area contributed by atoms with Gasteiger partial charge in [0.2, 0.25) is 0 Å². The minimum atomic E-state index is 0.766. The normalized spacial score (nSPS) is 25.8. The maximum atomic E-state index is 3.61. The summed E-state index contributed by atoms with van der Waals surface area (Å²) in [5, 5.41) is 3.61. The van der Waals surface area contributed by atoms with Gasteiger partial charge in [0.15, 0.2) is 0 Å². The lowest BCUT2D eigenvalue weighted by molar-refractivity contribution is 0.203. The molecule has 0 amide bonds. The summed E-state index contributed by atoms with van der Waals surface area (Å²) in [5.74, 6) is 0. The van der Waals surface area contributed by atoms with Gasteiger partial charge in [-0.1, -0.05) is 0 Å². The number of nitrogens with one attached hydrogen (secondary N) is 1. The predicted octanol–water partition coefficient (Wildman–Crippen LogP) is 1.54. The van der Waals surface area contributed by atoms with Gasteiger partial charge < -0.3 is 10.2 Å². The van der Waals surface area contributed by atoms with Crippen LogP contribution in [0.25, 0.3) is 0 Å². The summed E-state index contributed by atoms with van der Waals surface area (Å²) in [7, 11) is 2.24. The molecular formula is C14H29N3. The molecule has 0 aromatic carbocycles. The molecule has 1 saturated carbocycles. The van der Waals surface area contributed by atoms with E-state index in [2.05, 4.69) is 29.1 Å². The van der Waals surface area contributed by atoms with E-state index in [1.165, 1.54) is 64.8 Å². The minimum absolute atomic E-state index is 0.766. The third kappa shape index (κ3) is 4.94. The molecule has 0 radical (unpaired) electrons. The van der Waals surface area contributed by atoms with Gasteiger partial charge in [0, 0.05) is 25.2 Å². The highest BCUT2D eigenvalue weighted by atomic mass is 15.2. The van der Waals surface area contributed by atoms with Gasteiger partial charge in [-0.3, -0.25) is 4.90 Å². The maximum absolute atomic E-state index is 3.61. The molecule has 2 aliphatic rings. The van der Waals surface area contributed by atoms with Crippen LogP contribution >= 0.6 is 0 Å². The lowest BCUT2D eigenvalue weighted by Crippen LogP contribution is -2.36. The molecule has 0 spiro atoms. The van der Waals surface area contributed by atoms with Gasteiger partial charge in [-0.25, -0.2) is 0 Å². The summed E-state index contributed by atoms with van der Waals surface area (Å²) in [6.45, 7) is 8.69. The molecule has 1 aliphatic carbocycles. The monoisotopic (exact) mass is 239 g/mol. The Morgan fingerprint density at radius 3 is 2.76 bits per heavy atom. The molecule has 0 aromatic rings. The van der Waals surface area contributed by atoms with E-state index in [0.717, 1.165) is 12.1 Å². The summed E-state index contributed by atoms with van der Waals surface area (Å²) in [6, 6.07) is 1.64. The largest absolute Gasteiger partial charge is 0.314 e. The molecule has 0 aromatic heterocycles. The molecule has 1 unspecified atom stereocenters. The van der Waals surface area contributed by atoms with Crippen LogP contribution in [0.5, 0.6) is 0 Å². The van der Waals surface area contributed by atoms with Gasteiger partial charge in [-0.2, -0.15) is 0 Å². The van der Waals surface area contributed by atoms with Crippen LogP contribution in [0.1, 0.15) is 39.0 Å². The molecule has 17 heavy (non-hydrogen) atoms. The van der Waals surface area contributed by atoms with Gasteiger partial charge in [0.1, 0.15) is 0 Å². The molecule has 1 N–H and O–H groups in total. The first-order valence-corrected chi connectivity index (χ1v) is 7.41. The van der Waals surface area contributed by atoms with Crippen molar-refractivity contribution in [1.29, 1.82) is 0 Å². The minimum Gasteiger partial charge on any atom is -0.314 e. The molecule has 3 nitrogen and oxygen atoms in total. The molecule has 2 fully saturated rings. The third-order valence-corrected chi connectivity index (χ3v) is 4.19. The molecule has 1 heterocycles. The second-order valence-electron chi connectivity index (χ2n) is 5.91. The second-order valence-corrected chi connectivity index (χ2v) is 5.91. The Labute approximate surface area is 107 Å². The zero-order valence-electron chi connectivity index (χ0n) is 11.6. The van der Waals surface area contributed by atoms with E-state index >= 15 is 0 Å². The van der Waals surface area contributed by atoms with E-state index in [1.807, 2.05) is 0 Å². The van der Waals surface area contributed by atoms with E-state index < -0.39 is 0 Å². The summed E-state index contributed by atoms with van der Waals surface area (Å²) < 4.78 is 0. The fourth-order valence-corrected chi connectivity index (χ4v) is 2.68. The van der Waals surface area contributed by atoms with Crippen LogP contribution < -0.4 is 5.32 Å². The topological polar surface area (TPSA) is 18.5 Å². The summed E-state index contributed by atoms with van der Waals surface area (Å²) in [4.78, 5) is 5.14. The number of hydrogen-bond acceptors (Lipinski definition) is 3. The Kier molecular flexibility index (Phi) is 5.26. The smallest absolute Gasteiger partial charge is 0.0112 e. The highest BCUT2D eigenvalue weighted by Gasteiger charge is 2.20. The van der Waals surface area contributed by atoms with Crippen LogP contribution in [0.4, 0.5) is 0 Å². The highest BCUT2D eigenvalue weighted by molar-refractivity contribution is 4.81. The Balaban J connectivity index is 1.58. The van der Waals surface area contributed by atoms with E-state index in [-0.39, 0.29) is 0 Å². The first-order valence-electron chi connectivity index (χ1n) is 7.41. The van der Waals surface area contributed by atoms with E-state index in [0.29, 0.717) is 0 Å². The maximum Gasteiger partial charge on any atom is 0.0112 e. The van der Waals surface area contributed by atoms with Crippen LogP contribution in [0.2, 0.25) is 0 Å². The first kappa shape index (κ1) is 13.3. The quantitative estimate of drug-likeness (QED) is 0.710. The SMILES string of the molecule is CC(CCCNC1CC1)N1CCCN(C)CC1. The Morgan fingerprint density at radius 1 is 1.18 bits per heavy atom. The van der Waals surface area contributed by atoms with Crippen LogP contribution in [0.15, 0.2) is 0 Å². The van der Waals surface area contributed by atoms with Crippen molar-refractivity contribution in [1.82, 2.24) is 15.1 Å². The van der Waals surface area contributed by atoms with Crippen molar-refractivity contribution in [3.63, 3.8) is 0 Å². The van der Waals surface area contributed by atoms with Crippen LogP contribution in [-0.2, 0) is 0 Å². The van der Waals surface area contributed by atoms with Crippen molar-refractivity contribution >= 4 is 0 Å². The standard InChI is InChI=1S/C14H29N3/c1-13(5-3-8-15-14-6-7-14)17-10-4-9-16(2)11-12-17/h13-15H,3-12H2,1-2H3. The van der Waals surface area contributed by atoms with Gasteiger partial charge in [-0.15, -0.1) is 0 Å². The van der Waals surface area contributed by atoms with Crippen molar-refractivity contribution < 1.29 is 0 Å². The Hall–Kier alpha value is -0.120. The van der Waals surface area contributed by atoms with E-state index in [4.69, 9.17) is 0 Å². The summed E-state index contributed by atoms with van der Waals surface area (Å²) >= 11 is 0. The molecule has 1 aliphatic heterocycles. The fourth-order valence-electron chi connectivity index (χ4n) is 2.68. The second kappa shape index (κ2) is 6.72. The average Bonchev–Trinajstić information content (AvgIpc) is 3.12. The zero-order chi connectivity index (χ0) is 12.1. The zero-order valence-corrected chi connectivity index (χ0v) is 11.6. The van der Waals surface area contributed by atoms with Crippen molar-refractivity contribution in [3.05, 3.63) is 0 Å². The van der Waals surface area contributed by atoms with Gasteiger partial charge in [-0.05, 0) is 65.7 Å². The Bertz CT molecular complexity index is 216. The predicted molar refractivity (Wildman–Crippen MR) is 73.4 cm³/mol. The van der Waals surface area contributed by atoms with E-state index in [1.54, 1.807) is 0 Å². The van der Waals surface area contributed by atoms with Gasteiger partial charge in [0.05, 0.1) is 0 Å². The van der Waals surface area contributed by atoms with Gasteiger partial charge >= 0.3 is 0 Å². The molecule has 0 bridgehead atoms. The number of rotatable bonds is 6. The molecule has 3 heteroatoms. The van der Waals surface area contributed by atoms with Crippen molar-refractivity contribution in [2.24, 2.45) is 0 Å². The number of likely N-dealkylation sites (N-methyl/N-ethyl adjacent to an activating group) is 1. The van der Waals surface area contributed by atoms with Crippen LogP contribution in [-0.4, -0.2) is 61.7 Å². The van der Waals surface area contributed by atoms with Crippen LogP contribution in [0, 0.1) is 0 Å². The summed E-state index contributed by atoms with van der Waals surface area (Å²) in [6.07, 6.45) is 6.84.